The number of nitrogens with two attached hydrogens (primary N) is 1. The Balaban J connectivity index is 2.60. The summed E-state index contributed by atoms with van der Waals surface area (Å²) < 4.78 is 0. The number of aromatic nitrogens is 2. The lowest BCUT2D eigenvalue weighted by molar-refractivity contribution is 0.893. The van der Waals surface area contributed by atoms with E-state index in [1.807, 2.05) is 0 Å². The Morgan fingerprint density at radius 3 is 3.09 bits per heavy atom. The molecule has 0 saturated heterocycles. The van der Waals surface area contributed by atoms with Gasteiger partial charge in [-0.1, -0.05) is 0 Å². The van der Waals surface area contributed by atoms with E-state index in [2.05, 4.69) is 15.0 Å². The van der Waals surface area contributed by atoms with Gasteiger partial charge in [0.15, 0.2) is 0 Å². The smallest absolute Gasteiger partial charge is 0.135 e. The number of nitrogen functional groups attached to an aromatic ring is 1. The highest BCUT2D eigenvalue weighted by Crippen LogP contribution is 2.12. The van der Waals surface area contributed by atoms with E-state index in [1.165, 1.54) is 6.33 Å². The summed E-state index contributed by atoms with van der Waals surface area (Å²) in [5, 5.41) is 0. The Kier molecular flexibility index (Phi) is 1.31. The zero-order chi connectivity index (χ0) is 7.68. The molecule has 0 radical (unpaired) electrons. The van der Waals surface area contributed by atoms with Crippen molar-refractivity contribution in [3.05, 3.63) is 17.6 Å². The van der Waals surface area contributed by atoms with Crippen LogP contribution in [0.25, 0.3) is 0 Å². The first-order chi connectivity index (χ1) is 5.38. The molecule has 0 saturated carbocycles. The average Bonchev–Trinajstić information content (AvgIpc) is 2.06. The van der Waals surface area contributed by atoms with E-state index in [0.29, 0.717) is 5.82 Å². The van der Waals surface area contributed by atoms with Crippen molar-refractivity contribution < 1.29 is 0 Å². The van der Waals surface area contributed by atoms with E-state index in [4.69, 9.17) is 5.73 Å². The molecule has 2 rings (SSSR count). The van der Waals surface area contributed by atoms with Crippen LogP contribution in [0.15, 0.2) is 11.3 Å². The molecule has 56 valence electrons. The van der Waals surface area contributed by atoms with Gasteiger partial charge in [0, 0.05) is 19.2 Å². The molecule has 0 bridgehead atoms. The number of rotatable bonds is 0. The van der Waals surface area contributed by atoms with Crippen LogP contribution >= 0.6 is 0 Å². The first-order valence-electron chi connectivity index (χ1n) is 3.47. The maximum Gasteiger partial charge on any atom is 0.135 e. The number of hydrogen-bond donors (Lipinski definition) is 1. The van der Waals surface area contributed by atoms with E-state index in [9.17, 15) is 0 Å². The van der Waals surface area contributed by atoms with Crippen molar-refractivity contribution in [1.82, 2.24) is 9.97 Å². The average molecular weight is 148 g/mol. The molecule has 1 aliphatic rings. The monoisotopic (exact) mass is 148 g/mol. The van der Waals surface area contributed by atoms with Crippen LogP contribution in [0.3, 0.4) is 0 Å². The highest BCUT2D eigenvalue weighted by Gasteiger charge is 2.09. The number of aliphatic imine (C=N–C) groups is 1. The van der Waals surface area contributed by atoms with Crippen LogP contribution in [0, 0.1) is 0 Å². The van der Waals surface area contributed by atoms with Gasteiger partial charge in [-0.15, -0.1) is 0 Å². The van der Waals surface area contributed by atoms with Gasteiger partial charge in [0.25, 0.3) is 0 Å². The molecule has 0 aliphatic carbocycles. The summed E-state index contributed by atoms with van der Waals surface area (Å²) in [6.07, 6.45) is 4.11. The Morgan fingerprint density at radius 2 is 2.27 bits per heavy atom. The predicted molar refractivity (Wildman–Crippen MR) is 42.6 cm³/mol. The summed E-state index contributed by atoms with van der Waals surface area (Å²) in [4.78, 5) is 12.1. The maximum atomic E-state index is 5.60. The number of fused-ring (bicyclic) bond motifs is 1. The number of nitrogens with zero attached hydrogens (tertiary/aromatic N) is 3. The molecule has 0 amide bonds. The van der Waals surface area contributed by atoms with E-state index in [1.54, 1.807) is 6.21 Å². The second-order valence-electron chi connectivity index (χ2n) is 2.40. The Labute approximate surface area is 64.2 Å². The van der Waals surface area contributed by atoms with Crippen LogP contribution in [0.5, 0.6) is 0 Å². The molecule has 4 nitrogen and oxygen atoms in total. The number of hydrogen-bond acceptors (Lipinski definition) is 4. The molecule has 0 aromatic carbocycles. The molecule has 2 heterocycles. The van der Waals surface area contributed by atoms with Gasteiger partial charge in [-0.2, -0.15) is 0 Å². The van der Waals surface area contributed by atoms with Crippen LogP contribution in [0.4, 0.5) is 5.82 Å². The Morgan fingerprint density at radius 1 is 1.36 bits per heavy atom. The van der Waals surface area contributed by atoms with Crippen molar-refractivity contribution in [3.8, 4) is 0 Å². The van der Waals surface area contributed by atoms with Crippen molar-refractivity contribution in [1.29, 1.82) is 0 Å². The maximum absolute atomic E-state index is 5.60. The fraction of sp³-hybridized carbons (Fsp3) is 0.286. The molecule has 0 unspecified atom stereocenters. The van der Waals surface area contributed by atoms with Crippen molar-refractivity contribution in [2.45, 2.75) is 6.42 Å². The minimum absolute atomic E-state index is 0.526. The number of anilines is 1. The predicted octanol–water partition coefficient (Wildman–Crippen LogP) is 0.0338. The second-order valence-corrected chi connectivity index (χ2v) is 2.40. The van der Waals surface area contributed by atoms with Crippen LogP contribution in [-0.4, -0.2) is 22.7 Å². The van der Waals surface area contributed by atoms with Crippen LogP contribution in [-0.2, 0) is 6.42 Å². The lowest BCUT2D eigenvalue weighted by atomic mass is 10.1. The van der Waals surface area contributed by atoms with Crippen LogP contribution in [0.2, 0.25) is 0 Å². The largest absolute Gasteiger partial charge is 0.383 e. The summed E-state index contributed by atoms with van der Waals surface area (Å²) in [5.74, 6) is 0.526. The first kappa shape index (κ1) is 6.27. The molecular weight excluding hydrogens is 140 g/mol. The van der Waals surface area contributed by atoms with Gasteiger partial charge in [-0.3, -0.25) is 4.99 Å². The van der Waals surface area contributed by atoms with Gasteiger partial charge in [0.1, 0.15) is 12.1 Å². The van der Waals surface area contributed by atoms with Gasteiger partial charge in [-0.25, -0.2) is 9.97 Å². The minimum atomic E-state index is 0.526. The molecule has 0 spiro atoms. The molecule has 0 atom stereocenters. The zero-order valence-electron chi connectivity index (χ0n) is 5.99. The van der Waals surface area contributed by atoms with Gasteiger partial charge >= 0.3 is 0 Å². The van der Waals surface area contributed by atoms with E-state index < -0.39 is 0 Å². The topological polar surface area (TPSA) is 64.2 Å². The molecule has 1 aromatic heterocycles. The van der Waals surface area contributed by atoms with E-state index >= 15 is 0 Å². The first-order valence-corrected chi connectivity index (χ1v) is 3.47. The summed E-state index contributed by atoms with van der Waals surface area (Å²) in [5.41, 5.74) is 7.49. The van der Waals surface area contributed by atoms with Crippen molar-refractivity contribution in [2.75, 3.05) is 12.3 Å². The quantitative estimate of drug-likeness (QED) is 0.564. The molecule has 4 heteroatoms. The molecule has 1 aliphatic heterocycles. The molecule has 0 fully saturated rings. The molecule has 2 N–H and O–H groups in total. The normalized spacial score (nSPS) is 14.5. The summed E-state index contributed by atoms with van der Waals surface area (Å²) >= 11 is 0. The summed E-state index contributed by atoms with van der Waals surface area (Å²) in [7, 11) is 0. The van der Waals surface area contributed by atoms with E-state index in [-0.39, 0.29) is 0 Å². The SMILES string of the molecule is Nc1ncnc2c1C=NCC2. The Bertz CT molecular complexity index is 305. The van der Waals surface area contributed by atoms with Gasteiger partial charge in [0.2, 0.25) is 0 Å². The third-order valence-corrected chi connectivity index (χ3v) is 1.70. The van der Waals surface area contributed by atoms with Crippen molar-refractivity contribution in [2.24, 2.45) is 4.99 Å². The molecule has 11 heavy (non-hydrogen) atoms. The van der Waals surface area contributed by atoms with Crippen LogP contribution < -0.4 is 5.73 Å². The standard InChI is InChI=1S/C7H8N4/c8-7-5-3-9-2-1-6(5)10-4-11-7/h3-4H,1-2H2,(H2,8,10,11). The van der Waals surface area contributed by atoms with Crippen molar-refractivity contribution in [3.63, 3.8) is 0 Å². The second kappa shape index (κ2) is 2.30. The third-order valence-electron chi connectivity index (χ3n) is 1.70. The van der Waals surface area contributed by atoms with Crippen LogP contribution in [0.1, 0.15) is 11.3 Å². The lowest BCUT2D eigenvalue weighted by Gasteiger charge is -2.08. The Hall–Kier alpha value is -1.45. The van der Waals surface area contributed by atoms with E-state index in [0.717, 1.165) is 24.2 Å². The highest BCUT2D eigenvalue weighted by atomic mass is 14.9. The molecule has 1 aromatic rings. The van der Waals surface area contributed by atoms with Gasteiger partial charge in [-0.05, 0) is 0 Å². The van der Waals surface area contributed by atoms with Gasteiger partial charge in [0.05, 0.1) is 11.3 Å². The fourth-order valence-corrected chi connectivity index (χ4v) is 1.11. The summed E-state index contributed by atoms with van der Waals surface area (Å²) in [6.45, 7) is 0.809. The minimum Gasteiger partial charge on any atom is -0.383 e. The highest BCUT2D eigenvalue weighted by molar-refractivity contribution is 5.87. The van der Waals surface area contributed by atoms with Gasteiger partial charge < -0.3 is 5.73 Å². The zero-order valence-corrected chi connectivity index (χ0v) is 5.99. The third kappa shape index (κ3) is 0.960. The molecular formula is C7H8N4. The fourth-order valence-electron chi connectivity index (χ4n) is 1.11. The van der Waals surface area contributed by atoms with Crippen molar-refractivity contribution >= 4 is 12.0 Å². The lowest BCUT2D eigenvalue weighted by Crippen LogP contribution is -2.09. The summed E-state index contributed by atoms with van der Waals surface area (Å²) in [6, 6.07) is 0.